The van der Waals surface area contributed by atoms with Crippen molar-refractivity contribution in [2.45, 2.75) is 167 Å². The number of phosphoric ester groups is 1. The SMILES string of the molecule is CCCCCCCCCCCCOC(CCCCCCC)C(C)OCCCOP(=O)(O)OC[C@H]1O[C@@H](On2cnc3c(=S)nc[nH]c32)[C@H](O)[C@@H]1O. The van der Waals surface area contributed by atoms with E-state index in [-0.39, 0.29) is 23.5 Å². The van der Waals surface area contributed by atoms with Crippen LogP contribution in [0.25, 0.3) is 11.2 Å². The number of rotatable bonds is 30. The molecular formula is C35H63N4O10PS. The van der Waals surface area contributed by atoms with Gasteiger partial charge in [0.15, 0.2) is 10.3 Å². The molecule has 3 rings (SSSR count). The third-order valence-electron chi connectivity index (χ3n) is 9.13. The van der Waals surface area contributed by atoms with Crippen LogP contribution in [0.5, 0.6) is 0 Å². The summed E-state index contributed by atoms with van der Waals surface area (Å²) in [6.07, 6.45) is 17.3. The molecule has 1 fully saturated rings. The summed E-state index contributed by atoms with van der Waals surface area (Å²) < 4.78 is 42.2. The number of hydrogen-bond donors (Lipinski definition) is 4. The molecule has 0 radical (unpaired) electrons. The zero-order valence-corrected chi connectivity index (χ0v) is 32.6. The largest absolute Gasteiger partial charge is 0.472 e. The molecule has 14 nitrogen and oxygen atoms in total. The Bertz CT molecular complexity index is 1320. The molecule has 1 aliphatic heterocycles. The monoisotopic (exact) mass is 762 g/mol. The average molecular weight is 763 g/mol. The summed E-state index contributed by atoms with van der Waals surface area (Å²) in [5.74, 6) is 0. The number of aliphatic hydroxyl groups is 2. The minimum Gasteiger partial charge on any atom is -0.387 e. The third-order valence-corrected chi connectivity index (χ3v) is 10.4. The van der Waals surface area contributed by atoms with Crippen LogP contribution in [-0.4, -0.2) is 98.0 Å². The smallest absolute Gasteiger partial charge is 0.387 e. The first kappa shape index (κ1) is 43.9. The molecule has 0 amide bonds. The number of fused-ring (bicyclic) bond motifs is 1. The lowest BCUT2D eigenvalue weighted by molar-refractivity contribution is -0.168. The standard InChI is InChI=1S/C35H63N4O10PS/c1-4-6-8-10-11-12-13-14-16-18-21-45-28(20-17-15-9-7-5-2)27(3)44-22-19-23-46-50(42,43)47-24-29-31(40)32(41)35(48-29)49-39-26-38-30-33(39)36-25-37-34(30)51/h25-29,31-32,35,40-41H,4-24H2,1-3H3,(H,42,43)(H,36,37,51)/t27?,28?,29-,31-,32-,35+/m1/s1. The van der Waals surface area contributed by atoms with Gasteiger partial charge in [0.1, 0.15) is 30.2 Å². The minimum absolute atomic E-state index is 0.00106. The summed E-state index contributed by atoms with van der Waals surface area (Å²) in [5, 5.41) is 20.9. The van der Waals surface area contributed by atoms with Crippen LogP contribution < -0.4 is 4.84 Å². The van der Waals surface area contributed by atoms with E-state index in [4.69, 9.17) is 40.3 Å². The van der Waals surface area contributed by atoms with Crippen LogP contribution in [0.1, 0.15) is 130 Å². The Morgan fingerprint density at radius 1 is 0.863 bits per heavy atom. The van der Waals surface area contributed by atoms with Gasteiger partial charge in [0.25, 0.3) is 6.29 Å². The molecule has 1 saturated heterocycles. The molecule has 0 bridgehead atoms. The van der Waals surface area contributed by atoms with E-state index in [1.54, 1.807) is 0 Å². The highest BCUT2D eigenvalue weighted by atomic mass is 32.1. The molecule has 1 aliphatic rings. The number of aromatic amines is 1. The minimum atomic E-state index is -4.48. The number of H-pyrrole nitrogens is 1. The van der Waals surface area contributed by atoms with Gasteiger partial charge in [-0.2, -0.15) is 4.73 Å². The Morgan fingerprint density at radius 3 is 2.18 bits per heavy atom. The summed E-state index contributed by atoms with van der Waals surface area (Å²) in [4.78, 5) is 26.8. The maximum atomic E-state index is 12.5. The van der Waals surface area contributed by atoms with Crippen molar-refractivity contribution in [3.63, 3.8) is 0 Å². The molecule has 51 heavy (non-hydrogen) atoms. The van der Waals surface area contributed by atoms with Gasteiger partial charge in [0.2, 0.25) is 0 Å². The third kappa shape index (κ3) is 16.2. The van der Waals surface area contributed by atoms with Crippen LogP contribution in [0.15, 0.2) is 12.7 Å². The van der Waals surface area contributed by atoms with Gasteiger partial charge in [-0.05, 0) is 26.2 Å². The molecule has 0 aliphatic carbocycles. The second-order valence-corrected chi connectivity index (χ2v) is 15.3. The fraction of sp³-hybridized carbons (Fsp3) is 0.857. The summed E-state index contributed by atoms with van der Waals surface area (Å²) >= 11 is 5.14. The first-order valence-corrected chi connectivity index (χ1v) is 21.0. The average Bonchev–Trinajstić information content (AvgIpc) is 3.65. The van der Waals surface area contributed by atoms with E-state index in [9.17, 15) is 19.7 Å². The highest BCUT2D eigenvalue weighted by Crippen LogP contribution is 2.44. The highest BCUT2D eigenvalue weighted by Gasteiger charge is 2.46. The maximum absolute atomic E-state index is 12.5. The van der Waals surface area contributed by atoms with E-state index in [0.29, 0.717) is 24.2 Å². The van der Waals surface area contributed by atoms with Crippen LogP contribution in [0.3, 0.4) is 0 Å². The zero-order valence-electron chi connectivity index (χ0n) is 30.9. The van der Waals surface area contributed by atoms with E-state index < -0.39 is 39.0 Å². The molecule has 2 aromatic rings. The van der Waals surface area contributed by atoms with E-state index in [1.165, 1.54) is 101 Å². The van der Waals surface area contributed by atoms with E-state index in [2.05, 4.69) is 28.8 Å². The molecule has 2 aromatic heterocycles. The van der Waals surface area contributed by atoms with Crippen LogP contribution in [0.2, 0.25) is 0 Å². The molecule has 3 unspecified atom stereocenters. The number of aliphatic hydroxyl groups excluding tert-OH is 2. The number of aromatic nitrogens is 4. The van der Waals surface area contributed by atoms with Gasteiger partial charge in [-0.3, -0.25) is 9.05 Å². The molecule has 294 valence electrons. The molecule has 3 heterocycles. The first-order valence-electron chi connectivity index (χ1n) is 19.1. The van der Waals surface area contributed by atoms with Gasteiger partial charge in [-0.15, -0.1) is 0 Å². The number of unbranched alkanes of at least 4 members (excludes halogenated alkanes) is 13. The quantitative estimate of drug-likeness (QED) is 0.0365. The second-order valence-electron chi connectivity index (χ2n) is 13.4. The molecule has 0 aromatic carbocycles. The second kappa shape index (κ2) is 24.7. The highest BCUT2D eigenvalue weighted by molar-refractivity contribution is 7.71. The van der Waals surface area contributed by atoms with Crippen molar-refractivity contribution in [3.05, 3.63) is 17.3 Å². The van der Waals surface area contributed by atoms with Gasteiger partial charge < -0.3 is 39.1 Å². The predicted octanol–water partition coefficient (Wildman–Crippen LogP) is 6.96. The van der Waals surface area contributed by atoms with Crippen molar-refractivity contribution in [1.29, 1.82) is 0 Å². The van der Waals surface area contributed by atoms with Crippen molar-refractivity contribution in [2.24, 2.45) is 0 Å². The van der Waals surface area contributed by atoms with Crippen molar-refractivity contribution in [1.82, 2.24) is 19.7 Å². The summed E-state index contributed by atoms with van der Waals surface area (Å²) in [5.41, 5.74) is 0.755. The number of nitrogens with one attached hydrogen (secondary N) is 1. The van der Waals surface area contributed by atoms with Crippen molar-refractivity contribution >= 4 is 31.2 Å². The lowest BCUT2D eigenvalue weighted by Gasteiger charge is -2.25. The fourth-order valence-corrected chi connectivity index (χ4v) is 6.99. The van der Waals surface area contributed by atoms with Gasteiger partial charge in [0, 0.05) is 13.2 Å². The predicted molar refractivity (Wildman–Crippen MR) is 197 cm³/mol. The molecule has 0 spiro atoms. The van der Waals surface area contributed by atoms with Crippen molar-refractivity contribution in [2.75, 3.05) is 26.4 Å². The lowest BCUT2D eigenvalue weighted by Crippen LogP contribution is -2.38. The zero-order chi connectivity index (χ0) is 36.9. The Labute approximate surface area is 308 Å². The molecule has 0 saturated carbocycles. The number of ether oxygens (including phenoxy) is 3. The van der Waals surface area contributed by atoms with Crippen molar-refractivity contribution < 1.29 is 47.8 Å². The van der Waals surface area contributed by atoms with Crippen LogP contribution in [-0.2, 0) is 27.8 Å². The normalized spacial score (nSPS) is 21.6. The number of nitrogens with zero attached hydrogens (tertiary/aromatic N) is 3. The van der Waals surface area contributed by atoms with Crippen molar-refractivity contribution in [3.8, 4) is 0 Å². The number of phosphoric acid groups is 1. The topological polar surface area (TPSA) is 180 Å². The number of hydrogen-bond acceptors (Lipinski definition) is 12. The van der Waals surface area contributed by atoms with E-state index in [0.717, 1.165) is 25.9 Å². The van der Waals surface area contributed by atoms with Gasteiger partial charge in [-0.1, -0.05) is 116 Å². The fourth-order valence-electron chi connectivity index (χ4n) is 6.01. The summed E-state index contributed by atoms with van der Waals surface area (Å²) in [6.45, 7) is 6.95. The van der Waals surface area contributed by atoms with Gasteiger partial charge in [0.05, 0.1) is 31.7 Å². The van der Waals surface area contributed by atoms with Gasteiger partial charge in [-0.25, -0.2) is 14.5 Å². The lowest BCUT2D eigenvalue weighted by atomic mass is 10.0. The van der Waals surface area contributed by atoms with E-state index >= 15 is 0 Å². The van der Waals surface area contributed by atoms with Crippen LogP contribution >= 0.6 is 20.0 Å². The van der Waals surface area contributed by atoms with Crippen LogP contribution in [0, 0.1) is 4.64 Å². The van der Waals surface area contributed by atoms with E-state index in [1.807, 2.05) is 6.92 Å². The Morgan fingerprint density at radius 2 is 1.49 bits per heavy atom. The Hall–Kier alpha value is -1.52. The number of imidazole rings is 1. The molecule has 16 heteroatoms. The first-order chi connectivity index (χ1) is 24.7. The Kier molecular flexibility index (Phi) is 21.3. The molecular weight excluding hydrogens is 699 g/mol. The molecule has 4 N–H and O–H groups in total. The summed E-state index contributed by atoms with van der Waals surface area (Å²) in [7, 11) is -4.48. The summed E-state index contributed by atoms with van der Waals surface area (Å²) in [6, 6.07) is 0. The Balaban J connectivity index is 1.32. The maximum Gasteiger partial charge on any atom is 0.472 e. The molecule has 7 atom stereocenters. The van der Waals surface area contributed by atoms with Gasteiger partial charge >= 0.3 is 7.82 Å². The van der Waals surface area contributed by atoms with Crippen LogP contribution in [0.4, 0.5) is 0 Å².